The van der Waals surface area contributed by atoms with E-state index in [1.807, 2.05) is 0 Å². The van der Waals surface area contributed by atoms with Crippen LogP contribution in [0.1, 0.15) is 5.56 Å². The lowest BCUT2D eigenvalue weighted by Gasteiger charge is -2.02. The van der Waals surface area contributed by atoms with Gasteiger partial charge < -0.3 is 0 Å². The van der Waals surface area contributed by atoms with E-state index in [0.29, 0.717) is 17.0 Å². The van der Waals surface area contributed by atoms with E-state index in [1.165, 1.54) is 41.2 Å². The molecular formula is C15H9ClF2N4S. The normalized spacial score (nSPS) is 11.3. The van der Waals surface area contributed by atoms with Crippen LogP contribution in [0.25, 0.3) is 11.4 Å². The van der Waals surface area contributed by atoms with Gasteiger partial charge in [0.05, 0.1) is 11.2 Å². The average Bonchev–Trinajstić information content (AvgIpc) is 2.90. The van der Waals surface area contributed by atoms with Crippen LogP contribution in [0.4, 0.5) is 8.78 Å². The van der Waals surface area contributed by atoms with E-state index in [2.05, 4.69) is 15.3 Å². The van der Waals surface area contributed by atoms with Gasteiger partial charge in [0, 0.05) is 5.56 Å². The Morgan fingerprint density at radius 1 is 1.17 bits per heavy atom. The highest BCUT2D eigenvalue weighted by Gasteiger charge is 2.10. The van der Waals surface area contributed by atoms with Crippen molar-refractivity contribution < 1.29 is 8.78 Å². The van der Waals surface area contributed by atoms with E-state index in [-0.39, 0.29) is 15.6 Å². The highest BCUT2D eigenvalue weighted by Crippen LogP contribution is 2.23. The first-order valence-electron chi connectivity index (χ1n) is 6.47. The van der Waals surface area contributed by atoms with Crippen molar-refractivity contribution in [1.82, 2.24) is 14.9 Å². The van der Waals surface area contributed by atoms with Gasteiger partial charge in [-0.15, -0.1) is 0 Å². The fourth-order valence-corrected chi connectivity index (χ4v) is 2.25. The molecular weight excluding hydrogens is 342 g/mol. The third-order valence-corrected chi connectivity index (χ3v) is 3.57. The van der Waals surface area contributed by atoms with Gasteiger partial charge in [-0.25, -0.2) is 13.9 Å². The molecule has 1 aromatic heterocycles. The molecule has 4 nitrogen and oxygen atoms in total. The number of hydrogen-bond donors (Lipinski definition) is 1. The smallest absolute Gasteiger partial charge is 0.216 e. The molecule has 0 bridgehead atoms. The van der Waals surface area contributed by atoms with Crippen LogP contribution in [0.5, 0.6) is 0 Å². The molecule has 116 valence electrons. The molecule has 0 amide bonds. The lowest BCUT2D eigenvalue weighted by atomic mass is 10.2. The van der Waals surface area contributed by atoms with Crippen LogP contribution in [0.3, 0.4) is 0 Å². The number of nitrogens with zero attached hydrogens (tertiary/aromatic N) is 3. The number of benzene rings is 2. The van der Waals surface area contributed by atoms with Crippen molar-refractivity contribution in [2.75, 3.05) is 0 Å². The number of aromatic amines is 1. The number of aromatic nitrogens is 3. The first kappa shape index (κ1) is 15.5. The lowest BCUT2D eigenvalue weighted by Crippen LogP contribution is -1.95. The van der Waals surface area contributed by atoms with Gasteiger partial charge in [-0.2, -0.15) is 14.9 Å². The second-order valence-electron chi connectivity index (χ2n) is 4.59. The van der Waals surface area contributed by atoms with Crippen molar-refractivity contribution in [3.05, 3.63) is 69.5 Å². The molecule has 1 heterocycles. The first-order valence-corrected chi connectivity index (χ1v) is 7.26. The maximum atomic E-state index is 13.3. The zero-order valence-electron chi connectivity index (χ0n) is 11.5. The highest BCUT2D eigenvalue weighted by atomic mass is 35.5. The van der Waals surface area contributed by atoms with Gasteiger partial charge in [0.15, 0.2) is 5.82 Å². The molecule has 23 heavy (non-hydrogen) atoms. The summed E-state index contributed by atoms with van der Waals surface area (Å²) in [5.74, 6) is -0.468. The summed E-state index contributed by atoms with van der Waals surface area (Å²) < 4.78 is 27.8. The minimum atomic E-state index is -0.522. The minimum absolute atomic E-state index is 0.0227. The molecule has 3 rings (SSSR count). The summed E-state index contributed by atoms with van der Waals surface area (Å²) in [7, 11) is 0. The number of halogens is 3. The molecule has 0 radical (unpaired) electrons. The minimum Gasteiger partial charge on any atom is -0.250 e. The summed E-state index contributed by atoms with van der Waals surface area (Å²) >= 11 is 10.9. The molecule has 8 heteroatoms. The average molecular weight is 351 g/mol. The largest absolute Gasteiger partial charge is 0.250 e. The van der Waals surface area contributed by atoms with Gasteiger partial charge in [-0.05, 0) is 48.1 Å². The number of hydrogen-bond acceptors (Lipinski definition) is 3. The fraction of sp³-hybridized carbons (Fsp3) is 0. The molecule has 0 spiro atoms. The van der Waals surface area contributed by atoms with Crippen LogP contribution in [-0.2, 0) is 0 Å². The third-order valence-electron chi connectivity index (χ3n) is 3.02. The summed E-state index contributed by atoms with van der Waals surface area (Å²) in [6.45, 7) is 0. The zero-order chi connectivity index (χ0) is 16.4. The van der Waals surface area contributed by atoms with E-state index in [0.717, 1.165) is 0 Å². The van der Waals surface area contributed by atoms with Crippen LogP contribution in [0.15, 0.2) is 47.6 Å². The standard InChI is InChI=1S/C15H9ClF2N4S/c16-12-7-10(3-6-13(12)18)14-20-21-15(23)22(14)19-8-9-1-4-11(17)5-2-9/h1-8H,(H,21,23)/b19-8+. The van der Waals surface area contributed by atoms with Crippen LogP contribution in [0.2, 0.25) is 5.02 Å². The predicted molar refractivity (Wildman–Crippen MR) is 87.2 cm³/mol. The molecule has 0 aliphatic heterocycles. The van der Waals surface area contributed by atoms with Crippen LogP contribution in [-0.4, -0.2) is 21.1 Å². The maximum absolute atomic E-state index is 13.3. The quantitative estimate of drug-likeness (QED) is 0.561. The van der Waals surface area contributed by atoms with Gasteiger partial charge >= 0.3 is 0 Å². The predicted octanol–water partition coefficient (Wildman–Crippen LogP) is 4.42. The van der Waals surface area contributed by atoms with Gasteiger partial charge in [0.2, 0.25) is 4.77 Å². The summed E-state index contributed by atoms with van der Waals surface area (Å²) in [6.07, 6.45) is 1.51. The van der Waals surface area contributed by atoms with Crippen molar-refractivity contribution in [3.63, 3.8) is 0 Å². The number of rotatable bonds is 3. The number of nitrogens with one attached hydrogen (secondary N) is 1. The Balaban J connectivity index is 2.00. The van der Waals surface area contributed by atoms with E-state index in [4.69, 9.17) is 23.8 Å². The molecule has 0 unspecified atom stereocenters. The van der Waals surface area contributed by atoms with Crippen molar-refractivity contribution in [2.24, 2.45) is 5.10 Å². The van der Waals surface area contributed by atoms with E-state index in [1.54, 1.807) is 12.1 Å². The highest BCUT2D eigenvalue weighted by molar-refractivity contribution is 7.71. The molecule has 0 saturated carbocycles. The fourth-order valence-electron chi connectivity index (χ4n) is 1.89. The SMILES string of the molecule is Fc1ccc(/C=N/n2c(-c3ccc(F)c(Cl)c3)n[nH]c2=S)cc1. The molecule has 3 aromatic rings. The number of H-pyrrole nitrogens is 1. The van der Waals surface area contributed by atoms with Gasteiger partial charge in [0.1, 0.15) is 11.6 Å². The first-order chi connectivity index (χ1) is 11.0. The Morgan fingerprint density at radius 3 is 2.61 bits per heavy atom. The van der Waals surface area contributed by atoms with Crippen molar-refractivity contribution in [1.29, 1.82) is 0 Å². The maximum Gasteiger partial charge on any atom is 0.216 e. The van der Waals surface area contributed by atoms with E-state index < -0.39 is 5.82 Å². The van der Waals surface area contributed by atoms with E-state index >= 15 is 0 Å². The third kappa shape index (κ3) is 3.35. The van der Waals surface area contributed by atoms with Gasteiger partial charge in [0.25, 0.3) is 0 Å². The van der Waals surface area contributed by atoms with E-state index in [9.17, 15) is 8.78 Å². The monoisotopic (exact) mass is 350 g/mol. The van der Waals surface area contributed by atoms with Crippen LogP contribution in [0, 0.1) is 16.4 Å². The van der Waals surface area contributed by atoms with Crippen molar-refractivity contribution >= 4 is 30.0 Å². The molecule has 0 aliphatic carbocycles. The molecule has 0 aliphatic rings. The molecule has 0 saturated heterocycles. The summed E-state index contributed by atoms with van der Waals surface area (Å²) in [5, 5.41) is 10.9. The topological polar surface area (TPSA) is 46.0 Å². The van der Waals surface area contributed by atoms with Crippen LogP contribution < -0.4 is 0 Å². The van der Waals surface area contributed by atoms with Crippen molar-refractivity contribution in [2.45, 2.75) is 0 Å². The summed E-state index contributed by atoms with van der Waals surface area (Å²) in [5.41, 5.74) is 1.25. The molecule has 2 aromatic carbocycles. The van der Waals surface area contributed by atoms with Crippen molar-refractivity contribution in [3.8, 4) is 11.4 Å². The molecule has 1 N–H and O–H groups in total. The zero-order valence-corrected chi connectivity index (χ0v) is 13.1. The van der Waals surface area contributed by atoms with Gasteiger partial charge in [-0.3, -0.25) is 0 Å². The second-order valence-corrected chi connectivity index (χ2v) is 5.38. The Labute approximate surface area is 140 Å². The molecule has 0 fully saturated rings. The summed E-state index contributed by atoms with van der Waals surface area (Å²) in [6, 6.07) is 10.0. The Bertz CT molecular complexity index is 931. The Morgan fingerprint density at radius 2 is 1.91 bits per heavy atom. The van der Waals surface area contributed by atoms with Crippen LogP contribution >= 0.6 is 23.8 Å². The lowest BCUT2D eigenvalue weighted by molar-refractivity contribution is 0.627. The molecule has 0 atom stereocenters. The summed E-state index contributed by atoms with van der Waals surface area (Å²) in [4.78, 5) is 0. The van der Waals surface area contributed by atoms with Gasteiger partial charge in [-0.1, -0.05) is 23.7 Å². The second kappa shape index (κ2) is 6.39. The Kier molecular flexibility index (Phi) is 4.31. The Hall–Kier alpha value is -2.38.